The lowest BCUT2D eigenvalue weighted by Gasteiger charge is -2.15. The van der Waals surface area contributed by atoms with Crippen molar-refractivity contribution in [3.05, 3.63) is 173 Å². The quantitative estimate of drug-likeness (QED) is 0.106. The van der Waals surface area contributed by atoms with Crippen LogP contribution in [0.5, 0.6) is 0 Å². The topological polar surface area (TPSA) is 156 Å². The Morgan fingerprint density at radius 3 is 2.34 bits per heavy atom. The van der Waals surface area contributed by atoms with Crippen molar-refractivity contribution in [3.63, 3.8) is 0 Å². The van der Waals surface area contributed by atoms with Gasteiger partial charge in [0.1, 0.15) is 11.4 Å². The van der Waals surface area contributed by atoms with E-state index in [9.17, 15) is 8.78 Å². The lowest BCUT2D eigenvalue weighted by atomic mass is 9.97. The summed E-state index contributed by atoms with van der Waals surface area (Å²) in [6.45, 7) is 21.6. The molecule has 12 nitrogen and oxygen atoms in total. The molecule has 15 heteroatoms. The van der Waals surface area contributed by atoms with Crippen LogP contribution in [0.25, 0.3) is 95.5 Å². The number of allylic oxidation sites excluding steroid dienone is 8. The summed E-state index contributed by atoms with van der Waals surface area (Å²) in [4.78, 5) is 26.8. The molecule has 4 bridgehead atoms. The van der Waals surface area contributed by atoms with Gasteiger partial charge in [0, 0.05) is 88.2 Å². The van der Waals surface area contributed by atoms with Crippen molar-refractivity contribution in [1.82, 2.24) is 60.5 Å². The van der Waals surface area contributed by atoms with Crippen LogP contribution in [0, 0.1) is 5.92 Å². The number of pyridine rings is 4. The van der Waals surface area contributed by atoms with E-state index in [0.717, 1.165) is 141 Å². The number of aromatic nitrogens is 10. The van der Waals surface area contributed by atoms with E-state index in [2.05, 4.69) is 137 Å². The minimum Gasteiger partial charge on any atom is -0.359 e. The number of hydrogen-bond donors (Lipinski definition) is 5. The van der Waals surface area contributed by atoms with Crippen LogP contribution >= 0.6 is 11.3 Å². The molecule has 5 N–H and O–H groups in total. The third kappa shape index (κ3) is 10.5. The largest absolute Gasteiger partial charge is 0.359 e. The molecule has 74 heavy (non-hydrogen) atoms. The average molecular weight is 1010 g/mol. The molecule has 2 aliphatic heterocycles. The van der Waals surface area contributed by atoms with E-state index in [0.29, 0.717) is 19.0 Å². The highest BCUT2D eigenvalue weighted by Crippen LogP contribution is 2.35. The molecule has 11 heterocycles. The van der Waals surface area contributed by atoms with Gasteiger partial charge in [-0.15, -0.1) is 0 Å². The summed E-state index contributed by atoms with van der Waals surface area (Å²) in [5.41, 5.74) is 17.1. The smallest absolute Gasteiger partial charge is 0.261 e. The molecule has 0 aliphatic carbocycles. The van der Waals surface area contributed by atoms with Gasteiger partial charge in [-0.3, -0.25) is 35.0 Å². The van der Waals surface area contributed by atoms with Crippen molar-refractivity contribution in [2.24, 2.45) is 5.92 Å². The number of hydrogen-bond acceptors (Lipinski definition) is 9. The second-order valence-corrected chi connectivity index (χ2v) is 19.9. The van der Waals surface area contributed by atoms with Crippen LogP contribution in [0.4, 0.5) is 8.78 Å². The first-order valence-corrected chi connectivity index (χ1v) is 25.7. The first kappa shape index (κ1) is 49.4. The Kier molecular flexibility index (Phi) is 14.1. The number of aromatic amines is 4. The molecule has 1 saturated heterocycles. The number of H-pyrrole nitrogens is 4. The number of fused-ring (bicyclic) bond motifs is 4. The maximum atomic E-state index is 13.6. The van der Waals surface area contributed by atoms with Crippen molar-refractivity contribution in [3.8, 4) is 33.9 Å². The molecule has 9 aromatic heterocycles. The van der Waals surface area contributed by atoms with Gasteiger partial charge in [-0.25, -0.2) is 8.78 Å². The van der Waals surface area contributed by atoms with E-state index in [-0.39, 0.29) is 13.0 Å². The van der Waals surface area contributed by atoms with Gasteiger partial charge in [0.05, 0.1) is 64.1 Å². The monoisotopic (exact) mass is 1000 g/mol. The van der Waals surface area contributed by atoms with E-state index in [1.807, 2.05) is 69.1 Å². The van der Waals surface area contributed by atoms with Crippen molar-refractivity contribution in [1.29, 1.82) is 0 Å². The van der Waals surface area contributed by atoms with Gasteiger partial charge < -0.3 is 15.3 Å². The molecule has 0 aromatic carbocycles. The molecule has 0 spiro atoms. The van der Waals surface area contributed by atoms with E-state index in [1.54, 1.807) is 28.6 Å². The molecule has 11 rings (SSSR count). The summed E-state index contributed by atoms with van der Waals surface area (Å²) in [7, 11) is 0. The number of alkyl halides is 2. The molecule has 374 valence electrons. The summed E-state index contributed by atoms with van der Waals surface area (Å²) in [6, 6.07) is 10.4. The van der Waals surface area contributed by atoms with Crippen LogP contribution in [-0.2, 0) is 6.54 Å². The fraction of sp³-hybridized carbons (Fsp3) is 0.220. The van der Waals surface area contributed by atoms with Crippen molar-refractivity contribution in [2.75, 3.05) is 13.1 Å². The molecule has 9 aromatic rings. The highest BCUT2D eigenvalue weighted by atomic mass is 32.1. The van der Waals surface area contributed by atoms with Crippen molar-refractivity contribution < 1.29 is 8.78 Å². The highest BCUT2D eigenvalue weighted by Gasteiger charge is 2.38. The van der Waals surface area contributed by atoms with Gasteiger partial charge in [0.25, 0.3) is 5.92 Å². The van der Waals surface area contributed by atoms with Crippen LogP contribution in [0.2, 0.25) is 0 Å². The molecule has 0 amide bonds. The van der Waals surface area contributed by atoms with Gasteiger partial charge in [-0.1, -0.05) is 44.9 Å². The second-order valence-electron chi connectivity index (χ2n) is 19.2. The maximum absolute atomic E-state index is 13.6. The van der Waals surface area contributed by atoms with Gasteiger partial charge in [0.15, 0.2) is 0 Å². The Morgan fingerprint density at radius 2 is 1.62 bits per heavy atom. The summed E-state index contributed by atoms with van der Waals surface area (Å²) in [6.07, 6.45) is 27.9. The standard InChI is InChI=1S/C30H32N6.C29H26F2N6S/c1-6-21-12-22(7-2)33-20(5)11-9-18(3)8-10-19(4)25-15-31-16-28-23(25)13-27(34-28)30-24-14-26(21)32-17-29(24)35-36-30;1-3-25-23(8-18(2)21-9-19(11-32-12-21)15-37-6-5-29(30,31)17-37)28(36-35-25)26-10-22-24(20-4-7-38-16-20)13-33-14-27(22)34-26/h6-7,10,12-18,33-34H,2,5,8-9,11H2,1,3-4H3,(H,35,36);3-4,7-14,16,34-35H,2,5-6,15,17H2,1H3/b19-10+,21-6+,22-12+;23-8+,25-3+. The Hall–Kier alpha value is -8.14. The van der Waals surface area contributed by atoms with Gasteiger partial charge in [-0.05, 0) is 139 Å². The molecule has 1 atom stereocenters. The number of thiophene rings is 1. The Balaban J connectivity index is 0.000000170. The van der Waals surface area contributed by atoms with Gasteiger partial charge in [-0.2, -0.15) is 21.5 Å². The Morgan fingerprint density at radius 1 is 0.878 bits per heavy atom. The lowest BCUT2D eigenvalue weighted by Crippen LogP contribution is -2.25. The zero-order valence-electron chi connectivity index (χ0n) is 42.0. The van der Waals surface area contributed by atoms with Crippen LogP contribution in [0.3, 0.4) is 0 Å². The fourth-order valence-electron chi connectivity index (χ4n) is 9.65. The summed E-state index contributed by atoms with van der Waals surface area (Å²) in [5.74, 6) is -2.09. The minimum atomic E-state index is -2.61. The molecular formula is C59H58F2N12S. The molecule has 0 radical (unpaired) electrons. The summed E-state index contributed by atoms with van der Waals surface area (Å²) in [5, 5.41) is 28.1. The minimum absolute atomic E-state index is 0.0985. The van der Waals surface area contributed by atoms with E-state index in [1.165, 1.54) is 5.57 Å². The number of halogens is 2. The third-order valence-corrected chi connectivity index (χ3v) is 14.5. The zero-order valence-corrected chi connectivity index (χ0v) is 42.8. The number of nitrogens with one attached hydrogen (secondary N) is 5. The second kappa shape index (κ2) is 21.1. The number of nitrogens with zero attached hydrogens (tertiary/aromatic N) is 7. The van der Waals surface area contributed by atoms with Crippen LogP contribution < -0.4 is 15.9 Å². The lowest BCUT2D eigenvalue weighted by molar-refractivity contribution is 0.0115. The predicted octanol–water partition coefficient (Wildman–Crippen LogP) is 12.5. The van der Waals surface area contributed by atoms with E-state index < -0.39 is 5.92 Å². The van der Waals surface area contributed by atoms with Crippen LogP contribution in [-0.4, -0.2) is 74.2 Å². The molecular weight excluding hydrogens is 947 g/mol. The molecule has 0 saturated carbocycles. The van der Waals surface area contributed by atoms with E-state index >= 15 is 0 Å². The van der Waals surface area contributed by atoms with Crippen LogP contribution in [0.15, 0.2) is 140 Å². The Bertz CT molecular complexity index is 3810. The Labute approximate surface area is 431 Å². The molecule has 1 fully saturated rings. The average Bonchev–Trinajstić information content (AvgIpc) is 4.28. The fourth-order valence-corrected chi connectivity index (χ4v) is 10.3. The maximum Gasteiger partial charge on any atom is 0.261 e. The summed E-state index contributed by atoms with van der Waals surface area (Å²) >= 11 is 1.65. The predicted molar refractivity (Wildman–Crippen MR) is 299 cm³/mol. The molecule has 2 aliphatic rings. The normalized spacial score (nSPS) is 19.0. The van der Waals surface area contributed by atoms with Crippen molar-refractivity contribution in [2.45, 2.75) is 65.8 Å². The van der Waals surface area contributed by atoms with Crippen LogP contribution in [0.1, 0.15) is 75.8 Å². The molecule has 1 unspecified atom stereocenters. The zero-order chi connectivity index (χ0) is 51.5. The third-order valence-electron chi connectivity index (χ3n) is 13.8. The van der Waals surface area contributed by atoms with Gasteiger partial charge >= 0.3 is 0 Å². The van der Waals surface area contributed by atoms with Crippen molar-refractivity contribution >= 4 is 72.9 Å². The first-order chi connectivity index (χ1) is 35.9. The first-order valence-electron chi connectivity index (χ1n) is 24.8. The highest BCUT2D eigenvalue weighted by molar-refractivity contribution is 7.08. The SMILES string of the molecule is C=C(/C=c1/c(-c2cc3c(-c4ccsc4)cncc3[nH]2)n[nH]/c1=C/C)c1cncc(CN2CCC(F)(F)C2)c1.C=C/C1=C\C(=C/C)c2cc3c(n[nH]c3cn2)-c2cc3c(cncc3[nH]2)/C(C)=C/CC(C)CCC(=C)N1. The number of rotatable bonds is 7. The van der Waals surface area contributed by atoms with Gasteiger partial charge in [0.2, 0.25) is 0 Å². The number of likely N-dealkylation sites (tertiary alicyclic amines) is 1. The summed E-state index contributed by atoms with van der Waals surface area (Å²) < 4.78 is 27.3. The van der Waals surface area contributed by atoms with E-state index in [4.69, 9.17) is 4.98 Å².